The first-order valence-electron chi connectivity index (χ1n) is 14.9. The summed E-state index contributed by atoms with van der Waals surface area (Å²) >= 11 is 0. The van der Waals surface area contributed by atoms with E-state index in [4.69, 9.17) is 14.8 Å². The number of fused-ring (bicyclic) bond motifs is 2. The second-order valence-electron chi connectivity index (χ2n) is 10.9. The highest BCUT2D eigenvalue weighted by atomic mass is 16.5. The fraction of sp³-hybridized carbons (Fsp3) is 0.581. The molecule has 0 spiro atoms. The topological polar surface area (TPSA) is 92.5 Å². The molecule has 2 atom stereocenters. The highest BCUT2D eigenvalue weighted by molar-refractivity contribution is 5.87. The summed E-state index contributed by atoms with van der Waals surface area (Å²) in [5.41, 5.74) is 4.06. The number of carboxylic acids is 1. The summed E-state index contributed by atoms with van der Waals surface area (Å²) in [4.78, 5) is 19.3. The highest BCUT2D eigenvalue weighted by Crippen LogP contribution is 2.33. The Morgan fingerprint density at radius 3 is 2.87 bits per heavy atom. The second kappa shape index (κ2) is 12.9. The number of unbranched alkanes of at least 4 members (excludes halogenated alkanes) is 1. The minimum Gasteiger partial charge on any atom is -0.480 e. The van der Waals surface area contributed by atoms with Crippen molar-refractivity contribution >= 4 is 22.7 Å². The van der Waals surface area contributed by atoms with Gasteiger partial charge in [0.05, 0.1) is 11.6 Å². The summed E-state index contributed by atoms with van der Waals surface area (Å²) in [6.07, 6.45) is 10.8. The number of pyridine rings is 1. The van der Waals surface area contributed by atoms with Crippen molar-refractivity contribution < 1.29 is 14.6 Å². The molecule has 2 unspecified atom stereocenters. The summed E-state index contributed by atoms with van der Waals surface area (Å²) in [6.45, 7) is 7.98. The Morgan fingerprint density at radius 1 is 1.18 bits per heavy atom. The molecule has 1 aromatic carbocycles. The molecule has 0 amide bonds. The molecule has 210 valence electrons. The zero-order valence-electron chi connectivity index (χ0n) is 23.4. The predicted octanol–water partition coefficient (Wildman–Crippen LogP) is 5.47. The quantitative estimate of drug-likeness (QED) is 0.316. The van der Waals surface area contributed by atoms with Crippen LogP contribution in [0.3, 0.4) is 0 Å². The Kier molecular flexibility index (Phi) is 9.14. The number of benzene rings is 1. The van der Waals surface area contributed by atoms with Gasteiger partial charge in [-0.05, 0) is 68.9 Å². The molecule has 6 rings (SSSR count). The summed E-state index contributed by atoms with van der Waals surface area (Å²) in [5.74, 6) is 0.956. The molecule has 39 heavy (non-hydrogen) atoms. The molecule has 2 aromatic heterocycles. The number of hydrogen-bond acceptors (Lipinski definition) is 6. The first kappa shape index (κ1) is 27.6. The zero-order chi connectivity index (χ0) is 27.2. The summed E-state index contributed by atoms with van der Waals surface area (Å²) in [7, 11) is 0. The van der Waals surface area contributed by atoms with E-state index < -0.39 is 12.0 Å². The van der Waals surface area contributed by atoms with Gasteiger partial charge in [0.15, 0.2) is 0 Å². The average molecular weight is 534 g/mol. The van der Waals surface area contributed by atoms with E-state index in [2.05, 4.69) is 23.6 Å². The zero-order valence-corrected chi connectivity index (χ0v) is 23.4. The van der Waals surface area contributed by atoms with E-state index >= 15 is 0 Å². The largest absolute Gasteiger partial charge is 0.480 e. The van der Waals surface area contributed by atoms with Gasteiger partial charge in [-0.2, -0.15) is 5.10 Å². The molecular formula is C31H43N5O3. The van der Waals surface area contributed by atoms with Gasteiger partial charge < -0.3 is 15.2 Å². The van der Waals surface area contributed by atoms with E-state index in [9.17, 15) is 9.90 Å². The molecule has 8 heteroatoms. The number of carbonyl (C=O) groups is 1. The van der Waals surface area contributed by atoms with Crippen molar-refractivity contribution in [3.05, 3.63) is 53.3 Å². The first-order valence-corrected chi connectivity index (χ1v) is 14.9. The van der Waals surface area contributed by atoms with Gasteiger partial charge in [-0.1, -0.05) is 38.1 Å². The van der Waals surface area contributed by atoms with Crippen LogP contribution in [0, 0.1) is 5.92 Å². The van der Waals surface area contributed by atoms with E-state index in [1.807, 2.05) is 41.6 Å². The Morgan fingerprint density at radius 2 is 2.05 bits per heavy atom. The van der Waals surface area contributed by atoms with Gasteiger partial charge in [-0.15, -0.1) is 0 Å². The molecule has 0 bridgehead atoms. The van der Waals surface area contributed by atoms with Crippen molar-refractivity contribution in [1.29, 1.82) is 0 Å². The number of nitrogens with zero attached hydrogens (tertiary/aromatic N) is 4. The van der Waals surface area contributed by atoms with Gasteiger partial charge in [0.2, 0.25) is 0 Å². The molecule has 0 radical (unpaired) electrons. The fourth-order valence-corrected chi connectivity index (χ4v) is 5.77. The summed E-state index contributed by atoms with van der Waals surface area (Å²) in [6, 6.07) is 9.57. The number of hydrogen-bond donors (Lipinski definition) is 2. The van der Waals surface area contributed by atoms with Crippen LogP contribution in [0.4, 0.5) is 5.82 Å². The van der Waals surface area contributed by atoms with Crippen molar-refractivity contribution in [3.63, 3.8) is 0 Å². The predicted molar refractivity (Wildman–Crippen MR) is 154 cm³/mol. The van der Waals surface area contributed by atoms with Crippen LogP contribution >= 0.6 is 0 Å². The normalized spacial score (nSPS) is 19.7. The fourth-order valence-electron chi connectivity index (χ4n) is 5.77. The average Bonchev–Trinajstić information content (AvgIpc) is 3.48. The maximum Gasteiger partial charge on any atom is 0.325 e. The molecular weight excluding hydrogens is 490 g/mol. The van der Waals surface area contributed by atoms with Crippen LogP contribution in [0.2, 0.25) is 0 Å². The van der Waals surface area contributed by atoms with E-state index in [1.165, 1.54) is 24.8 Å². The smallest absolute Gasteiger partial charge is 0.325 e. The molecule has 1 saturated heterocycles. The second-order valence-corrected chi connectivity index (χ2v) is 10.9. The molecule has 2 fully saturated rings. The lowest BCUT2D eigenvalue weighted by atomic mass is 10.0. The van der Waals surface area contributed by atoms with E-state index in [0.29, 0.717) is 19.7 Å². The molecule has 4 heterocycles. The monoisotopic (exact) mass is 533 g/mol. The number of rotatable bonds is 11. The minimum atomic E-state index is -0.822. The third-order valence-electron chi connectivity index (χ3n) is 7.96. The maximum absolute atomic E-state index is 12.4. The van der Waals surface area contributed by atoms with Crippen molar-refractivity contribution in [1.82, 2.24) is 19.7 Å². The van der Waals surface area contributed by atoms with Crippen molar-refractivity contribution in [3.8, 4) is 0 Å². The van der Waals surface area contributed by atoms with Crippen LogP contribution in [-0.4, -0.2) is 63.1 Å². The number of aromatic nitrogens is 3. The lowest BCUT2D eigenvalue weighted by Crippen LogP contribution is -2.33. The number of anilines is 1. The van der Waals surface area contributed by atoms with E-state index in [1.54, 1.807) is 0 Å². The molecule has 2 N–H and O–H groups in total. The van der Waals surface area contributed by atoms with Crippen LogP contribution in [0.5, 0.6) is 0 Å². The van der Waals surface area contributed by atoms with E-state index in [0.717, 1.165) is 79.1 Å². The third-order valence-corrected chi connectivity index (χ3v) is 7.96. The number of nitrogens with one attached hydrogen (secondary N) is 1. The number of carboxylic acid groups (broad SMARTS) is 1. The molecule has 3 aromatic rings. The molecule has 1 aliphatic carbocycles. The van der Waals surface area contributed by atoms with E-state index in [-0.39, 0.29) is 6.10 Å². The summed E-state index contributed by atoms with van der Waals surface area (Å²) in [5, 5.41) is 19.4. The standard InChI is InChI=1S/C29H37N5O3.C2H6/c35-29(36)27(25-8-3-5-22-18-34(32-26(22)25)17-20-9-10-20)33-15-13-24(19-33)37-16-2-1-7-23-12-11-21-6-4-14-30-28(21)31-23;1-2/h3,5,8,11-12,18,20,24,27H,1-2,4,6-7,9-10,13-17,19H2,(H,30,31)(H,35,36);1-2H3. The molecule has 1 saturated carbocycles. The van der Waals surface area contributed by atoms with Crippen molar-refractivity contribution in [2.24, 2.45) is 5.92 Å². The van der Waals surface area contributed by atoms with Gasteiger partial charge in [0.1, 0.15) is 11.9 Å². The number of ether oxygens (including phenoxy) is 1. The molecule has 2 aliphatic heterocycles. The van der Waals surface area contributed by atoms with Crippen molar-refractivity contribution in [2.75, 3.05) is 31.6 Å². The minimum absolute atomic E-state index is 0.0690. The first-order chi connectivity index (χ1) is 19.1. The number of aliphatic carboxylic acids is 1. The Balaban J connectivity index is 0.00000151. The maximum atomic E-state index is 12.4. The number of likely N-dealkylation sites (tertiary alicyclic amines) is 1. The number of aryl methyl sites for hydroxylation is 2. The Hall–Kier alpha value is -2.97. The molecule has 3 aliphatic rings. The van der Waals surface area contributed by atoms with Crippen LogP contribution < -0.4 is 5.32 Å². The van der Waals surface area contributed by atoms with Crippen LogP contribution in [0.15, 0.2) is 36.5 Å². The van der Waals surface area contributed by atoms with Gasteiger partial charge in [-0.3, -0.25) is 14.4 Å². The van der Waals surface area contributed by atoms with Gasteiger partial charge >= 0.3 is 5.97 Å². The van der Waals surface area contributed by atoms with Crippen LogP contribution in [-0.2, 0) is 28.9 Å². The van der Waals surface area contributed by atoms with Gasteiger partial charge in [-0.25, -0.2) is 4.98 Å². The SMILES string of the molecule is CC.O=C(O)C(c1cccc2cn(CC3CC3)nc12)N1CCC(OCCCCc2ccc3c(n2)NCCC3)C1. The van der Waals surface area contributed by atoms with Crippen LogP contribution in [0.25, 0.3) is 10.9 Å². The lowest BCUT2D eigenvalue weighted by molar-refractivity contribution is -0.143. The highest BCUT2D eigenvalue weighted by Gasteiger charge is 2.35. The van der Waals surface area contributed by atoms with Gasteiger partial charge in [0, 0.05) is 55.6 Å². The Bertz CT molecular complexity index is 1250. The van der Waals surface area contributed by atoms with Gasteiger partial charge in [0.25, 0.3) is 0 Å². The summed E-state index contributed by atoms with van der Waals surface area (Å²) < 4.78 is 8.18. The van der Waals surface area contributed by atoms with Crippen LogP contribution in [0.1, 0.15) is 75.2 Å². The molecule has 8 nitrogen and oxygen atoms in total. The Labute approximate surface area is 231 Å². The third kappa shape index (κ3) is 6.79. The lowest BCUT2D eigenvalue weighted by Gasteiger charge is -2.24. The van der Waals surface area contributed by atoms with Crippen molar-refractivity contribution in [2.45, 2.75) is 83.9 Å².